The maximum Gasteiger partial charge on any atom is 0.348 e. The fourth-order valence-corrected chi connectivity index (χ4v) is 3.30. The van der Waals surface area contributed by atoms with Crippen LogP contribution in [0.2, 0.25) is 0 Å². The zero-order chi connectivity index (χ0) is 22.7. The Balaban J connectivity index is 1.96. The molecule has 0 aliphatic carbocycles. The van der Waals surface area contributed by atoms with Crippen LogP contribution in [0.5, 0.6) is 11.5 Å². The first-order chi connectivity index (χ1) is 14.7. The standard InChI is InChI=1S/C22H26N4O5/c1-13(2)16-11-17(19(29)12-18(16)28)21-23-24-22(31)26(21)15-6-4-14(5-7-15)10-20(30)25(3)8-9-27/h4-7,11-13,27-29H,8-10H2,1-3H3,(H,24,31). The molecule has 164 valence electrons. The Hall–Kier alpha value is -3.59. The van der Waals surface area contributed by atoms with Crippen LogP contribution in [0.15, 0.2) is 41.2 Å². The van der Waals surface area contributed by atoms with Crippen LogP contribution >= 0.6 is 0 Å². The number of aliphatic hydroxyl groups excluding tert-OH is 1. The van der Waals surface area contributed by atoms with Gasteiger partial charge in [0.15, 0.2) is 5.82 Å². The molecule has 0 atom stereocenters. The highest BCUT2D eigenvalue weighted by molar-refractivity contribution is 5.78. The predicted molar refractivity (Wildman–Crippen MR) is 115 cm³/mol. The Kier molecular flexibility index (Phi) is 6.45. The summed E-state index contributed by atoms with van der Waals surface area (Å²) in [5, 5.41) is 35.9. The molecule has 0 aliphatic heterocycles. The molecule has 0 saturated heterocycles. The summed E-state index contributed by atoms with van der Waals surface area (Å²) in [7, 11) is 1.62. The van der Waals surface area contributed by atoms with Crippen LogP contribution in [0.1, 0.15) is 30.9 Å². The first kappa shape index (κ1) is 22.1. The van der Waals surface area contributed by atoms with Crippen LogP contribution in [-0.4, -0.2) is 61.1 Å². The number of rotatable bonds is 7. The first-order valence-electron chi connectivity index (χ1n) is 9.90. The molecule has 3 rings (SSSR count). The number of phenols is 2. The number of aromatic nitrogens is 3. The molecule has 1 heterocycles. The minimum absolute atomic E-state index is 0.000696. The van der Waals surface area contributed by atoms with Gasteiger partial charge in [0.2, 0.25) is 5.91 Å². The second kappa shape index (κ2) is 9.05. The van der Waals surface area contributed by atoms with Crippen LogP contribution < -0.4 is 5.69 Å². The first-order valence-corrected chi connectivity index (χ1v) is 9.90. The van der Waals surface area contributed by atoms with Gasteiger partial charge in [-0.05, 0) is 35.2 Å². The third kappa shape index (κ3) is 4.61. The molecule has 9 nitrogen and oxygen atoms in total. The number of hydrogen-bond acceptors (Lipinski definition) is 6. The van der Waals surface area contributed by atoms with E-state index in [0.29, 0.717) is 16.8 Å². The fourth-order valence-electron chi connectivity index (χ4n) is 3.30. The van der Waals surface area contributed by atoms with Crippen LogP contribution in [-0.2, 0) is 11.2 Å². The molecule has 1 aromatic heterocycles. The Bertz CT molecular complexity index is 1130. The van der Waals surface area contributed by atoms with E-state index in [1.165, 1.54) is 15.5 Å². The van der Waals surface area contributed by atoms with Crippen molar-refractivity contribution >= 4 is 5.91 Å². The van der Waals surface area contributed by atoms with Crippen LogP contribution in [0.3, 0.4) is 0 Å². The Labute approximate surface area is 179 Å². The number of likely N-dealkylation sites (N-methyl/N-ethyl adjacent to an activating group) is 1. The summed E-state index contributed by atoms with van der Waals surface area (Å²) in [5.41, 5.74) is 1.71. The number of nitrogens with zero attached hydrogens (tertiary/aromatic N) is 3. The number of aliphatic hydroxyl groups is 1. The molecule has 0 radical (unpaired) electrons. The Morgan fingerprint density at radius 2 is 1.84 bits per heavy atom. The highest BCUT2D eigenvalue weighted by atomic mass is 16.3. The van der Waals surface area contributed by atoms with E-state index in [1.54, 1.807) is 37.4 Å². The van der Waals surface area contributed by atoms with Crippen molar-refractivity contribution in [2.24, 2.45) is 0 Å². The largest absolute Gasteiger partial charge is 0.508 e. The number of nitrogens with one attached hydrogen (secondary N) is 1. The molecule has 2 aromatic carbocycles. The summed E-state index contributed by atoms with van der Waals surface area (Å²) in [6.45, 7) is 3.98. The smallest absolute Gasteiger partial charge is 0.348 e. The summed E-state index contributed by atoms with van der Waals surface area (Å²) in [6, 6.07) is 9.71. The summed E-state index contributed by atoms with van der Waals surface area (Å²) >= 11 is 0. The molecule has 0 spiro atoms. The zero-order valence-corrected chi connectivity index (χ0v) is 17.7. The highest BCUT2D eigenvalue weighted by Crippen LogP contribution is 2.37. The van der Waals surface area contributed by atoms with Crippen molar-refractivity contribution in [3.8, 4) is 28.6 Å². The normalized spacial score (nSPS) is 11.1. The van der Waals surface area contributed by atoms with Gasteiger partial charge in [-0.2, -0.15) is 5.10 Å². The topological polar surface area (TPSA) is 132 Å². The number of hydrogen-bond donors (Lipinski definition) is 4. The number of H-pyrrole nitrogens is 1. The molecule has 0 aliphatic rings. The van der Waals surface area contributed by atoms with E-state index in [9.17, 15) is 19.8 Å². The highest BCUT2D eigenvalue weighted by Gasteiger charge is 2.19. The third-order valence-corrected chi connectivity index (χ3v) is 5.09. The number of benzene rings is 2. The molecular weight excluding hydrogens is 400 g/mol. The van der Waals surface area contributed by atoms with E-state index in [0.717, 1.165) is 5.56 Å². The lowest BCUT2D eigenvalue weighted by atomic mass is 9.98. The maximum absolute atomic E-state index is 12.5. The second-order valence-corrected chi connectivity index (χ2v) is 7.65. The van der Waals surface area contributed by atoms with Crippen molar-refractivity contribution in [3.63, 3.8) is 0 Å². The maximum atomic E-state index is 12.5. The predicted octanol–water partition coefficient (Wildman–Crippen LogP) is 1.76. The summed E-state index contributed by atoms with van der Waals surface area (Å²) in [5.74, 6) is -0.148. The van der Waals surface area contributed by atoms with Crippen molar-refractivity contribution in [2.45, 2.75) is 26.2 Å². The van der Waals surface area contributed by atoms with E-state index in [-0.39, 0.29) is 48.7 Å². The molecule has 0 saturated carbocycles. The van der Waals surface area contributed by atoms with Crippen LogP contribution in [0.25, 0.3) is 17.1 Å². The van der Waals surface area contributed by atoms with E-state index in [4.69, 9.17) is 5.11 Å². The summed E-state index contributed by atoms with van der Waals surface area (Å²) < 4.78 is 1.32. The van der Waals surface area contributed by atoms with Gasteiger partial charge in [0.1, 0.15) is 11.5 Å². The minimum atomic E-state index is -0.486. The van der Waals surface area contributed by atoms with Crippen molar-refractivity contribution < 1.29 is 20.1 Å². The monoisotopic (exact) mass is 426 g/mol. The number of phenolic OH excluding ortho intramolecular Hbond substituents is 2. The molecular formula is C22H26N4O5. The summed E-state index contributed by atoms with van der Waals surface area (Å²) in [6.07, 6.45) is 0.167. The van der Waals surface area contributed by atoms with Crippen molar-refractivity contribution in [1.82, 2.24) is 19.7 Å². The molecule has 0 unspecified atom stereocenters. The van der Waals surface area contributed by atoms with Gasteiger partial charge in [-0.3, -0.25) is 4.79 Å². The molecule has 0 bridgehead atoms. The molecule has 1 amide bonds. The molecule has 0 fully saturated rings. The average molecular weight is 426 g/mol. The fraction of sp³-hybridized carbons (Fsp3) is 0.318. The SMILES string of the molecule is CC(C)c1cc(-c2n[nH]c(=O)n2-c2ccc(CC(=O)N(C)CCO)cc2)c(O)cc1O. The average Bonchev–Trinajstić information content (AvgIpc) is 3.09. The number of carbonyl (C=O) groups is 1. The van der Waals surface area contributed by atoms with E-state index in [2.05, 4.69) is 10.2 Å². The van der Waals surface area contributed by atoms with Gasteiger partial charge < -0.3 is 20.2 Å². The van der Waals surface area contributed by atoms with E-state index < -0.39 is 5.69 Å². The quantitative estimate of drug-likeness (QED) is 0.455. The zero-order valence-electron chi connectivity index (χ0n) is 17.7. The van der Waals surface area contributed by atoms with Crippen molar-refractivity contribution in [3.05, 3.63) is 58.0 Å². The Morgan fingerprint density at radius 1 is 1.16 bits per heavy atom. The van der Waals surface area contributed by atoms with Gasteiger partial charge in [-0.1, -0.05) is 26.0 Å². The Morgan fingerprint density at radius 3 is 2.45 bits per heavy atom. The van der Waals surface area contributed by atoms with Gasteiger partial charge in [0, 0.05) is 19.7 Å². The van der Waals surface area contributed by atoms with Crippen molar-refractivity contribution in [2.75, 3.05) is 20.2 Å². The minimum Gasteiger partial charge on any atom is -0.508 e. The third-order valence-electron chi connectivity index (χ3n) is 5.09. The second-order valence-electron chi connectivity index (χ2n) is 7.65. The van der Waals surface area contributed by atoms with Gasteiger partial charge in [0.05, 0.1) is 24.3 Å². The number of aromatic amines is 1. The van der Waals surface area contributed by atoms with E-state index >= 15 is 0 Å². The van der Waals surface area contributed by atoms with E-state index in [1.807, 2.05) is 13.8 Å². The van der Waals surface area contributed by atoms with Crippen LogP contribution in [0, 0.1) is 0 Å². The number of amides is 1. The number of carbonyl (C=O) groups excluding carboxylic acids is 1. The lowest BCUT2D eigenvalue weighted by molar-refractivity contribution is -0.129. The van der Waals surface area contributed by atoms with Gasteiger partial charge in [-0.25, -0.2) is 14.5 Å². The van der Waals surface area contributed by atoms with Crippen LogP contribution in [0.4, 0.5) is 0 Å². The molecule has 4 N–H and O–H groups in total. The molecule has 31 heavy (non-hydrogen) atoms. The summed E-state index contributed by atoms with van der Waals surface area (Å²) in [4.78, 5) is 26.1. The van der Waals surface area contributed by atoms with Crippen molar-refractivity contribution in [1.29, 1.82) is 0 Å². The molecule has 3 aromatic rings. The lowest BCUT2D eigenvalue weighted by Gasteiger charge is -2.16. The molecule has 9 heteroatoms. The lowest BCUT2D eigenvalue weighted by Crippen LogP contribution is -2.30. The number of aromatic hydroxyl groups is 2. The van der Waals surface area contributed by atoms with Gasteiger partial charge in [0.25, 0.3) is 0 Å². The van der Waals surface area contributed by atoms with Gasteiger partial charge >= 0.3 is 5.69 Å². The van der Waals surface area contributed by atoms with Gasteiger partial charge in [-0.15, -0.1) is 0 Å².